The third-order valence-corrected chi connectivity index (χ3v) is 5.77. The van der Waals surface area contributed by atoms with Gasteiger partial charge in [-0.15, -0.1) is 0 Å². The van der Waals surface area contributed by atoms with Gasteiger partial charge in [-0.1, -0.05) is 60.7 Å². The first kappa shape index (κ1) is 18.0. The molecule has 0 unspecified atom stereocenters. The first-order valence-corrected chi connectivity index (χ1v) is 9.69. The van der Waals surface area contributed by atoms with Crippen LogP contribution in [0.15, 0.2) is 94.8 Å². The second kappa shape index (κ2) is 8.08. The van der Waals surface area contributed by atoms with Crippen LogP contribution < -0.4 is 0 Å². The smallest absolute Gasteiger partial charge is 0.243 e. The third-order valence-electron chi connectivity index (χ3n) is 3.96. The lowest BCUT2D eigenvalue weighted by atomic mass is 10.2. The summed E-state index contributed by atoms with van der Waals surface area (Å²) >= 11 is 0. The second-order valence-corrected chi connectivity index (χ2v) is 7.95. The van der Waals surface area contributed by atoms with Crippen LogP contribution in [0.5, 0.6) is 0 Å². The van der Waals surface area contributed by atoms with E-state index in [9.17, 15) is 8.42 Å². The summed E-state index contributed by atoms with van der Waals surface area (Å²) in [7, 11) is -1.95. The first-order chi connectivity index (χ1) is 12.6. The first-order valence-electron chi connectivity index (χ1n) is 8.25. The fourth-order valence-electron chi connectivity index (χ4n) is 2.50. The highest BCUT2D eigenvalue weighted by atomic mass is 32.2. The summed E-state index contributed by atoms with van der Waals surface area (Å²) < 4.78 is 26.8. The Morgan fingerprint density at radius 1 is 0.846 bits per heavy atom. The molecule has 0 bridgehead atoms. The summed E-state index contributed by atoms with van der Waals surface area (Å²) in [4.78, 5) is 4.64. The Hall–Kier alpha value is -2.76. The fourth-order valence-corrected chi connectivity index (χ4v) is 3.66. The van der Waals surface area contributed by atoms with Gasteiger partial charge in [0.15, 0.2) is 0 Å². The molecule has 0 spiro atoms. The summed E-state index contributed by atoms with van der Waals surface area (Å²) in [6.07, 6.45) is 1.75. The fraction of sp³-hybridized carbons (Fsp3) is 0.0952. The monoisotopic (exact) mass is 364 g/mol. The number of hydrogen-bond acceptors (Lipinski definition) is 3. The molecule has 0 aromatic heterocycles. The van der Waals surface area contributed by atoms with Crippen molar-refractivity contribution in [2.24, 2.45) is 4.99 Å². The average molecular weight is 364 g/mol. The lowest BCUT2D eigenvalue weighted by Crippen LogP contribution is -2.26. The van der Waals surface area contributed by atoms with E-state index in [-0.39, 0.29) is 4.90 Å². The zero-order valence-corrected chi connectivity index (χ0v) is 15.3. The molecule has 0 N–H and O–H groups in total. The second-order valence-electron chi connectivity index (χ2n) is 5.91. The normalized spacial score (nSPS) is 11.9. The number of hydrogen-bond donors (Lipinski definition) is 0. The maximum Gasteiger partial charge on any atom is 0.243 e. The minimum atomic E-state index is -3.54. The summed E-state index contributed by atoms with van der Waals surface area (Å²) in [6.45, 7) is 0.330. The Morgan fingerprint density at radius 3 is 2.04 bits per heavy atom. The third kappa shape index (κ3) is 4.45. The zero-order chi connectivity index (χ0) is 18.4. The minimum absolute atomic E-state index is 0.259. The van der Waals surface area contributed by atoms with Crippen molar-refractivity contribution in [1.29, 1.82) is 0 Å². The summed E-state index contributed by atoms with van der Waals surface area (Å²) in [5.74, 6) is 0. The Labute approximate surface area is 154 Å². The van der Waals surface area contributed by atoms with Gasteiger partial charge >= 0.3 is 0 Å². The van der Waals surface area contributed by atoms with Crippen LogP contribution in [0, 0.1) is 0 Å². The van der Waals surface area contributed by atoms with Crippen molar-refractivity contribution in [2.45, 2.75) is 11.4 Å². The van der Waals surface area contributed by atoms with E-state index < -0.39 is 10.0 Å². The topological polar surface area (TPSA) is 49.7 Å². The molecular weight excluding hydrogens is 344 g/mol. The lowest BCUT2D eigenvalue weighted by molar-refractivity contribution is 0.467. The van der Waals surface area contributed by atoms with Crippen LogP contribution in [0.2, 0.25) is 0 Å². The molecule has 0 atom stereocenters. The summed E-state index contributed by atoms with van der Waals surface area (Å²) in [5, 5.41) is 0. The highest BCUT2D eigenvalue weighted by molar-refractivity contribution is 7.89. The number of benzene rings is 3. The van der Waals surface area contributed by atoms with Gasteiger partial charge in [0.2, 0.25) is 10.0 Å². The number of rotatable bonds is 6. The molecule has 26 heavy (non-hydrogen) atoms. The molecule has 0 saturated carbocycles. The van der Waals surface area contributed by atoms with Gasteiger partial charge in [0.1, 0.15) is 0 Å². The van der Waals surface area contributed by atoms with Crippen molar-refractivity contribution in [3.8, 4) is 0 Å². The standard InChI is InChI=1S/C21H20N2O2S/c1-23(17-19-10-6-3-7-11-19)26(24,25)21-14-12-20(13-15-21)22-16-18-8-4-2-5-9-18/h2-16H,17H2,1H3. The van der Waals surface area contributed by atoms with E-state index in [1.54, 1.807) is 37.5 Å². The summed E-state index contributed by atoms with van der Waals surface area (Å²) in [5.41, 5.74) is 2.65. The van der Waals surface area contributed by atoms with Gasteiger partial charge in [-0.25, -0.2) is 8.42 Å². The largest absolute Gasteiger partial charge is 0.256 e. The SMILES string of the molecule is CN(Cc1ccccc1)S(=O)(=O)c1ccc(N=Cc2ccccc2)cc1. The van der Waals surface area contributed by atoms with E-state index in [0.29, 0.717) is 12.2 Å². The van der Waals surface area contributed by atoms with Crippen molar-refractivity contribution in [3.05, 3.63) is 96.1 Å². The molecule has 0 aliphatic heterocycles. The van der Waals surface area contributed by atoms with Gasteiger partial charge in [-0.05, 0) is 35.4 Å². The maximum absolute atomic E-state index is 12.7. The van der Waals surface area contributed by atoms with Crippen molar-refractivity contribution < 1.29 is 8.42 Å². The van der Waals surface area contributed by atoms with Gasteiger partial charge in [0.25, 0.3) is 0 Å². The van der Waals surface area contributed by atoms with Gasteiger partial charge in [0.05, 0.1) is 10.6 Å². The lowest BCUT2D eigenvalue weighted by Gasteiger charge is -2.17. The van der Waals surface area contributed by atoms with Crippen molar-refractivity contribution in [2.75, 3.05) is 7.05 Å². The van der Waals surface area contributed by atoms with E-state index in [1.807, 2.05) is 60.7 Å². The molecule has 0 aliphatic carbocycles. The molecule has 5 heteroatoms. The highest BCUT2D eigenvalue weighted by Gasteiger charge is 2.20. The number of aliphatic imine (C=N–C) groups is 1. The van der Waals surface area contributed by atoms with Crippen molar-refractivity contribution in [3.63, 3.8) is 0 Å². The maximum atomic E-state index is 12.7. The van der Waals surface area contributed by atoms with Gasteiger partial charge in [0, 0.05) is 19.8 Å². The summed E-state index contributed by atoms with van der Waals surface area (Å²) in [6, 6.07) is 25.9. The van der Waals surface area contributed by atoms with E-state index in [4.69, 9.17) is 0 Å². The van der Waals surface area contributed by atoms with Gasteiger partial charge in [-0.3, -0.25) is 4.99 Å². The molecule has 4 nitrogen and oxygen atoms in total. The Kier molecular flexibility index (Phi) is 5.61. The predicted octanol–water partition coefficient (Wildman–Crippen LogP) is 4.26. The van der Waals surface area contributed by atoms with E-state index in [0.717, 1.165) is 11.1 Å². The van der Waals surface area contributed by atoms with Gasteiger partial charge < -0.3 is 0 Å². The Morgan fingerprint density at radius 2 is 1.42 bits per heavy atom. The number of sulfonamides is 1. The van der Waals surface area contributed by atoms with E-state index >= 15 is 0 Å². The molecule has 0 fully saturated rings. The number of nitrogens with zero attached hydrogens (tertiary/aromatic N) is 2. The molecule has 132 valence electrons. The zero-order valence-electron chi connectivity index (χ0n) is 14.5. The molecule has 0 aliphatic rings. The highest BCUT2D eigenvalue weighted by Crippen LogP contribution is 2.20. The van der Waals surface area contributed by atoms with Crippen LogP contribution in [0.25, 0.3) is 0 Å². The van der Waals surface area contributed by atoms with Crippen LogP contribution in [0.4, 0.5) is 5.69 Å². The van der Waals surface area contributed by atoms with Crippen molar-refractivity contribution in [1.82, 2.24) is 4.31 Å². The molecule has 0 amide bonds. The van der Waals surface area contributed by atoms with Crippen LogP contribution >= 0.6 is 0 Å². The Bertz CT molecular complexity index is 968. The van der Waals surface area contributed by atoms with Crippen molar-refractivity contribution >= 4 is 21.9 Å². The van der Waals surface area contributed by atoms with E-state index in [2.05, 4.69) is 4.99 Å². The Balaban J connectivity index is 1.73. The molecule has 0 saturated heterocycles. The van der Waals surface area contributed by atoms with Gasteiger partial charge in [-0.2, -0.15) is 4.31 Å². The van der Waals surface area contributed by atoms with Crippen LogP contribution in [0.3, 0.4) is 0 Å². The molecule has 0 radical (unpaired) electrons. The minimum Gasteiger partial charge on any atom is -0.256 e. The average Bonchev–Trinajstić information content (AvgIpc) is 2.68. The van der Waals surface area contributed by atoms with E-state index in [1.165, 1.54) is 4.31 Å². The quantitative estimate of drug-likeness (QED) is 0.614. The predicted molar refractivity (Wildman–Crippen MR) is 105 cm³/mol. The molecule has 3 rings (SSSR count). The van der Waals surface area contributed by atoms with Crippen LogP contribution in [-0.4, -0.2) is 26.0 Å². The molecular formula is C21H20N2O2S. The van der Waals surface area contributed by atoms with Crippen LogP contribution in [0.1, 0.15) is 11.1 Å². The van der Waals surface area contributed by atoms with Crippen LogP contribution in [-0.2, 0) is 16.6 Å². The molecule has 3 aromatic carbocycles. The molecule has 0 heterocycles. The molecule has 3 aromatic rings.